The minimum atomic E-state index is -1.88. The average molecular weight is 842 g/mol. The predicted molar refractivity (Wildman–Crippen MR) is 219 cm³/mol. The van der Waals surface area contributed by atoms with Crippen LogP contribution in [0.25, 0.3) is 0 Å². The molecule has 336 valence electrons. The fourth-order valence-electron chi connectivity index (χ4n) is 12.8. The highest BCUT2D eigenvalue weighted by Crippen LogP contribution is 2.55. The normalized spacial score (nSPS) is 52.9. The van der Waals surface area contributed by atoms with E-state index in [0.717, 1.165) is 37.8 Å². The third kappa shape index (κ3) is 7.81. The smallest absolute Gasteiger partial charge is 0.303 e. The summed E-state index contributed by atoms with van der Waals surface area (Å²) in [6, 6.07) is 0. The van der Waals surface area contributed by atoms with Crippen LogP contribution in [-0.2, 0) is 42.7 Å². The molecule has 2 bridgehead atoms. The maximum absolute atomic E-state index is 12.4. The van der Waals surface area contributed by atoms with Crippen LogP contribution >= 0.6 is 0 Å². The van der Waals surface area contributed by atoms with E-state index in [1.165, 1.54) is 0 Å². The van der Waals surface area contributed by atoms with E-state index in [0.29, 0.717) is 69.1 Å². The molecule has 60 heavy (non-hydrogen) atoms. The molecule has 0 aromatic heterocycles. The number of allylic oxidation sites excluding steroid dienone is 1. The van der Waals surface area contributed by atoms with Gasteiger partial charge in [-0.1, -0.05) is 66.3 Å². The van der Waals surface area contributed by atoms with Crippen molar-refractivity contribution in [3.05, 3.63) is 36.5 Å². The second kappa shape index (κ2) is 16.0. The van der Waals surface area contributed by atoms with Crippen molar-refractivity contribution in [2.75, 3.05) is 6.54 Å². The number of nitrogens with one attached hydrogen (secondary N) is 1. The summed E-state index contributed by atoms with van der Waals surface area (Å²) in [6.07, 6.45) is 12.2. The van der Waals surface area contributed by atoms with Gasteiger partial charge in [0.05, 0.1) is 42.7 Å². The zero-order valence-corrected chi connectivity index (χ0v) is 36.6. The first-order chi connectivity index (χ1) is 28.4. The van der Waals surface area contributed by atoms with E-state index in [-0.39, 0.29) is 60.8 Å². The van der Waals surface area contributed by atoms with E-state index in [9.17, 15) is 15.0 Å². The van der Waals surface area contributed by atoms with E-state index < -0.39 is 53.2 Å². The monoisotopic (exact) mass is 841 g/mol. The van der Waals surface area contributed by atoms with Gasteiger partial charge in [0.1, 0.15) is 17.9 Å². The second-order valence-electron chi connectivity index (χ2n) is 20.9. The Labute approximate surface area is 355 Å². The molecule has 3 spiro atoms. The number of ether oxygens (including phenoxy) is 8. The van der Waals surface area contributed by atoms with Crippen LogP contribution in [0.3, 0.4) is 0 Å². The van der Waals surface area contributed by atoms with Gasteiger partial charge in [0.25, 0.3) is 0 Å². The molecule has 13 nitrogen and oxygen atoms in total. The lowest BCUT2D eigenvalue weighted by molar-refractivity contribution is -0.367. The lowest BCUT2D eigenvalue weighted by Gasteiger charge is -2.53. The molecule has 0 aliphatic carbocycles. The summed E-state index contributed by atoms with van der Waals surface area (Å²) in [5.74, 6) is -4.41. The number of carbonyl (C=O) groups is 1. The molecule has 0 saturated carbocycles. The maximum atomic E-state index is 12.4. The molecule has 4 N–H and O–H groups in total. The van der Waals surface area contributed by atoms with Crippen molar-refractivity contribution in [3.8, 4) is 0 Å². The number of carboxylic acids is 1. The van der Waals surface area contributed by atoms with Gasteiger partial charge in [-0.2, -0.15) is 0 Å². The standard InChI is InChI=1S/C47H71NO12/c1-26-18-36-41-38(24-45(58-41)30(5)17-27(2)25-48-45)56-44(22-26,55-36)23-29(4)40-28(3)19-32(7)47(52,59-40)42(51)37-21-35-34(53-37)20-31(6)46(57-35)16-15-43(60-46)14-10-12-33(54-43)11-8-9-13-39(49)50/h8,10-11,14,26-28,30-38,40-42,48,51-52H,4,9,12-13,15-25H2,1-3,5-7H3,(H,49,50). The van der Waals surface area contributed by atoms with Crippen LogP contribution in [0, 0.1) is 35.5 Å². The van der Waals surface area contributed by atoms with Crippen LogP contribution in [-0.4, -0.2) is 112 Å². The van der Waals surface area contributed by atoms with E-state index in [1.54, 1.807) is 0 Å². The van der Waals surface area contributed by atoms with Crippen molar-refractivity contribution in [2.24, 2.45) is 35.5 Å². The number of carboxylic acid groups (broad SMARTS) is 1. The molecule has 20 atom stereocenters. The summed E-state index contributed by atoms with van der Waals surface area (Å²) >= 11 is 0. The summed E-state index contributed by atoms with van der Waals surface area (Å²) < 4.78 is 54.1. The Morgan fingerprint density at radius 2 is 1.67 bits per heavy atom. The highest BCUT2D eigenvalue weighted by Gasteiger charge is 2.64. The molecule has 8 fully saturated rings. The molecule has 0 aromatic rings. The first-order valence-electron chi connectivity index (χ1n) is 23.3. The summed E-state index contributed by atoms with van der Waals surface area (Å²) in [6.45, 7) is 18.5. The predicted octanol–water partition coefficient (Wildman–Crippen LogP) is 6.26. The summed E-state index contributed by atoms with van der Waals surface area (Å²) in [5.41, 5.74) is 0.390. The van der Waals surface area contributed by atoms with Crippen LogP contribution in [0.2, 0.25) is 0 Å². The molecule has 9 aliphatic rings. The Bertz CT molecular complexity index is 1690. The van der Waals surface area contributed by atoms with Gasteiger partial charge >= 0.3 is 5.97 Å². The number of hydrogen-bond donors (Lipinski definition) is 4. The van der Waals surface area contributed by atoms with Gasteiger partial charge in [-0.15, -0.1) is 0 Å². The summed E-state index contributed by atoms with van der Waals surface area (Å²) in [5, 5.41) is 37.3. The number of rotatable bonds is 9. The molecule has 20 unspecified atom stereocenters. The Morgan fingerprint density at radius 3 is 2.45 bits per heavy atom. The average Bonchev–Trinajstić information content (AvgIpc) is 3.87. The van der Waals surface area contributed by atoms with Crippen molar-refractivity contribution in [2.45, 2.75) is 209 Å². The van der Waals surface area contributed by atoms with Gasteiger partial charge in [-0.3, -0.25) is 10.1 Å². The minimum absolute atomic E-state index is 0.0210. The van der Waals surface area contributed by atoms with Crippen molar-refractivity contribution in [3.63, 3.8) is 0 Å². The molecule has 0 aromatic carbocycles. The summed E-state index contributed by atoms with van der Waals surface area (Å²) in [4.78, 5) is 11.0. The highest BCUT2D eigenvalue weighted by molar-refractivity contribution is 5.66. The molecule has 9 rings (SSSR count). The van der Waals surface area contributed by atoms with E-state index in [1.807, 2.05) is 25.2 Å². The maximum Gasteiger partial charge on any atom is 0.303 e. The molecule has 0 radical (unpaired) electrons. The molecule has 9 heterocycles. The van der Waals surface area contributed by atoms with Gasteiger partial charge < -0.3 is 53.2 Å². The van der Waals surface area contributed by atoms with Crippen LogP contribution in [0.15, 0.2) is 36.5 Å². The van der Waals surface area contributed by atoms with Crippen LogP contribution in [0.4, 0.5) is 0 Å². The Hall–Kier alpha value is -1.75. The molecule has 13 heteroatoms. The zero-order valence-electron chi connectivity index (χ0n) is 36.6. The van der Waals surface area contributed by atoms with Crippen molar-refractivity contribution in [1.29, 1.82) is 0 Å². The van der Waals surface area contributed by atoms with E-state index >= 15 is 0 Å². The SMILES string of the molecule is C=C(CC12CC(C)CC(O1)C1OC3(CC1O2)NCC(C)CC3C)C1OC(O)(C(O)C2CC3OC4(CCC5(C=CCC(C=CCCC(=O)O)O5)O4)C(C)CC3O2)C(C)CC1C. The number of aliphatic hydroxyl groups is 2. The van der Waals surface area contributed by atoms with Gasteiger partial charge in [-0.25, -0.2) is 0 Å². The summed E-state index contributed by atoms with van der Waals surface area (Å²) in [7, 11) is 0. The fraction of sp³-hybridized carbons (Fsp3) is 0.851. The quantitative estimate of drug-likeness (QED) is 0.193. The van der Waals surface area contributed by atoms with Crippen molar-refractivity contribution < 1.29 is 58.0 Å². The van der Waals surface area contributed by atoms with Gasteiger partial charge in [0, 0.05) is 63.3 Å². The molecule has 0 amide bonds. The molecular formula is C47H71NO12. The van der Waals surface area contributed by atoms with E-state index in [2.05, 4.69) is 52.6 Å². The van der Waals surface area contributed by atoms with Crippen LogP contribution in [0.5, 0.6) is 0 Å². The number of aliphatic hydroxyl groups excluding tert-OH is 1. The number of hydrogen-bond acceptors (Lipinski definition) is 12. The number of aliphatic carboxylic acids is 1. The van der Waals surface area contributed by atoms with Gasteiger partial charge in [0.2, 0.25) is 0 Å². The minimum Gasteiger partial charge on any atom is -0.481 e. The molecule has 9 aliphatic heterocycles. The Morgan fingerprint density at radius 1 is 0.867 bits per heavy atom. The fourth-order valence-corrected chi connectivity index (χ4v) is 12.8. The lowest BCUT2D eigenvalue weighted by atomic mass is 9.76. The third-order valence-corrected chi connectivity index (χ3v) is 15.9. The van der Waals surface area contributed by atoms with Crippen molar-refractivity contribution in [1.82, 2.24) is 5.32 Å². The van der Waals surface area contributed by atoms with Crippen LogP contribution in [0.1, 0.15) is 125 Å². The second-order valence-corrected chi connectivity index (χ2v) is 20.9. The first-order valence-corrected chi connectivity index (χ1v) is 23.3. The highest BCUT2D eigenvalue weighted by atomic mass is 16.8. The number of fused-ring (bicyclic) bond motifs is 5. The topological polar surface area (TPSA) is 164 Å². The lowest BCUT2D eigenvalue weighted by Crippen LogP contribution is -2.62. The molecular weight excluding hydrogens is 771 g/mol. The zero-order chi connectivity index (χ0) is 42.4. The largest absolute Gasteiger partial charge is 0.481 e. The third-order valence-electron chi connectivity index (χ3n) is 15.9. The Balaban J connectivity index is 0.846. The first kappa shape index (κ1) is 43.5. The van der Waals surface area contributed by atoms with E-state index in [4.69, 9.17) is 43.0 Å². The number of piperidine rings is 1. The Kier molecular flexibility index (Phi) is 11.6. The molecule has 8 saturated heterocycles. The van der Waals surface area contributed by atoms with Gasteiger partial charge in [-0.05, 0) is 73.8 Å². The van der Waals surface area contributed by atoms with Crippen LogP contribution < -0.4 is 5.32 Å². The van der Waals surface area contributed by atoms with Gasteiger partial charge in [0.15, 0.2) is 23.1 Å². The van der Waals surface area contributed by atoms with Crippen molar-refractivity contribution >= 4 is 5.97 Å².